The minimum absolute atomic E-state index is 0.00947. The first-order chi connectivity index (χ1) is 12.6. The van der Waals surface area contributed by atoms with E-state index in [1.807, 2.05) is 0 Å². The molecule has 3 rings (SSSR count). The molecule has 0 N–H and O–H groups in total. The molecule has 0 spiro atoms. The first-order valence-electron chi connectivity index (χ1n) is 9.35. The van der Waals surface area contributed by atoms with Gasteiger partial charge < -0.3 is 19.1 Å². The van der Waals surface area contributed by atoms with Crippen LogP contribution in [0.25, 0.3) is 0 Å². The molecule has 1 saturated heterocycles. The minimum atomic E-state index is -0.404. The Morgan fingerprint density at radius 1 is 1.04 bits per heavy atom. The zero-order chi connectivity index (χ0) is 18.5. The SMILES string of the molecule is COc1ccc(N2C[C@@H](C(=O)OC3CCCCCC3)CC2=O)cc1OC. The zero-order valence-corrected chi connectivity index (χ0v) is 15.5. The molecule has 1 saturated carbocycles. The Kier molecular flexibility index (Phi) is 6.01. The molecule has 6 nitrogen and oxygen atoms in total. The number of nitrogens with zero attached hydrogens (tertiary/aromatic N) is 1. The van der Waals surface area contributed by atoms with Crippen molar-refractivity contribution in [2.24, 2.45) is 5.92 Å². The second kappa shape index (κ2) is 8.43. The Morgan fingerprint density at radius 2 is 1.73 bits per heavy atom. The molecule has 0 aromatic heterocycles. The lowest BCUT2D eigenvalue weighted by Gasteiger charge is -2.20. The highest BCUT2D eigenvalue weighted by atomic mass is 16.5. The van der Waals surface area contributed by atoms with Crippen molar-refractivity contribution >= 4 is 17.6 Å². The third-order valence-electron chi connectivity index (χ3n) is 5.22. The van der Waals surface area contributed by atoms with Gasteiger partial charge in [0.25, 0.3) is 0 Å². The van der Waals surface area contributed by atoms with E-state index in [2.05, 4.69) is 0 Å². The van der Waals surface area contributed by atoms with Crippen LogP contribution in [0.2, 0.25) is 0 Å². The van der Waals surface area contributed by atoms with Crippen LogP contribution >= 0.6 is 0 Å². The zero-order valence-electron chi connectivity index (χ0n) is 15.5. The summed E-state index contributed by atoms with van der Waals surface area (Å²) < 4.78 is 16.2. The molecule has 2 fully saturated rings. The lowest BCUT2D eigenvalue weighted by Crippen LogP contribution is -2.28. The Balaban J connectivity index is 1.65. The van der Waals surface area contributed by atoms with E-state index in [-0.39, 0.29) is 24.4 Å². The molecule has 0 radical (unpaired) electrons. The number of anilines is 1. The molecule has 1 aliphatic heterocycles. The number of hydrogen-bond acceptors (Lipinski definition) is 5. The van der Waals surface area contributed by atoms with Crippen LogP contribution in [0.1, 0.15) is 44.9 Å². The predicted octanol–water partition coefficient (Wildman–Crippen LogP) is 3.32. The van der Waals surface area contributed by atoms with Crippen LogP contribution in [0.5, 0.6) is 11.5 Å². The topological polar surface area (TPSA) is 65.1 Å². The van der Waals surface area contributed by atoms with Crippen molar-refractivity contribution in [1.29, 1.82) is 0 Å². The molecule has 1 atom stereocenters. The van der Waals surface area contributed by atoms with E-state index in [1.165, 1.54) is 12.8 Å². The maximum Gasteiger partial charge on any atom is 0.311 e. The number of amides is 1. The summed E-state index contributed by atoms with van der Waals surface area (Å²) in [6, 6.07) is 5.33. The third-order valence-corrected chi connectivity index (χ3v) is 5.22. The number of hydrogen-bond donors (Lipinski definition) is 0. The summed E-state index contributed by atoms with van der Waals surface area (Å²) in [5.74, 6) is 0.446. The monoisotopic (exact) mass is 361 g/mol. The van der Waals surface area contributed by atoms with E-state index < -0.39 is 5.92 Å². The predicted molar refractivity (Wildman–Crippen MR) is 97.6 cm³/mol. The van der Waals surface area contributed by atoms with Crippen LogP contribution in [-0.4, -0.2) is 38.7 Å². The van der Waals surface area contributed by atoms with Gasteiger partial charge in [-0.1, -0.05) is 12.8 Å². The maximum atomic E-state index is 12.5. The van der Waals surface area contributed by atoms with Crippen LogP contribution in [0.4, 0.5) is 5.69 Å². The fourth-order valence-corrected chi connectivity index (χ4v) is 3.73. The van der Waals surface area contributed by atoms with Gasteiger partial charge in [-0.3, -0.25) is 9.59 Å². The van der Waals surface area contributed by atoms with Crippen LogP contribution in [0.15, 0.2) is 18.2 Å². The normalized spacial score (nSPS) is 21.4. The number of ether oxygens (including phenoxy) is 3. The number of benzene rings is 1. The molecule has 6 heteroatoms. The molecule has 1 heterocycles. The van der Waals surface area contributed by atoms with Gasteiger partial charge in [-0.2, -0.15) is 0 Å². The minimum Gasteiger partial charge on any atom is -0.493 e. The van der Waals surface area contributed by atoms with Crippen LogP contribution < -0.4 is 14.4 Å². The highest BCUT2D eigenvalue weighted by Crippen LogP contribution is 2.34. The Bertz CT molecular complexity index is 652. The molecule has 1 aliphatic carbocycles. The van der Waals surface area contributed by atoms with E-state index in [0.29, 0.717) is 23.7 Å². The van der Waals surface area contributed by atoms with Crippen molar-refractivity contribution in [3.63, 3.8) is 0 Å². The quantitative estimate of drug-likeness (QED) is 0.595. The average Bonchev–Trinajstić information content (AvgIpc) is 2.87. The number of carbonyl (C=O) groups is 2. The van der Waals surface area contributed by atoms with Crippen molar-refractivity contribution in [3.05, 3.63) is 18.2 Å². The summed E-state index contributed by atoms with van der Waals surface area (Å²) >= 11 is 0. The van der Waals surface area contributed by atoms with Gasteiger partial charge in [0.05, 0.1) is 20.1 Å². The number of esters is 1. The van der Waals surface area contributed by atoms with E-state index in [1.54, 1.807) is 37.3 Å². The van der Waals surface area contributed by atoms with E-state index in [4.69, 9.17) is 14.2 Å². The molecular formula is C20H27NO5. The van der Waals surface area contributed by atoms with Gasteiger partial charge in [0.15, 0.2) is 11.5 Å². The van der Waals surface area contributed by atoms with Crippen LogP contribution in [0, 0.1) is 5.92 Å². The fraction of sp³-hybridized carbons (Fsp3) is 0.600. The summed E-state index contributed by atoms with van der Waals surface area (Å²) in [7, 11) is 3.12. The van der Waals surface area contributed by atoms with E-state index in [0.717, 1.165) is 25.7 Å². The first-order valence-corrected chi connectivity index (χ1v) is 9.35. The summed E-state index contributed by atoms with van der Waals surface area (Å²) in [5.41, 5.74) is 0.706. The standard InChI is InChI=1S/C20H27NO5/c1-24-17-10-9-15(12-18(17)25-2)21-13-14(11-19(21)22)20(23)26-16-7-5-3-4-6-8-16/h9-10,12,14,16H,3-8,11,13H2,1-2H3/t14-/m0/s1. The smallest absolute Gasteiger partial charge is 0.311 e. The van der Waals surface area contributed by atoms with Crippen molar-refractivity contribution in [2.75, 3.05) is 25.7 Å². The molecule has 1 aromatic rings. The summed E-state index contributed by atoms with van der Waals surface area (Å²) in [6.07, 6.45) is 6.72. The van der Waals surface area contributed by atoms with Gasteiger partial charge in [0.2, 0.25) is 5.91 Å². The van der Waals surface area contributed by atoms with Gasteiger partial charge in [-0.25, -0.2) is 0 Å². The van der Waals surface area contributed by atoms with Gasteiger partial charge in [0, 0.05) is 24.7 Å². The Morgan fingerprint density at radius 3 is 2.38 bits per heavy atom. The molecule has 26 heavy (non-hydrogen) atoms. The molecule has 0 unspecified atom stereocenters. The van der Waals surface area contributed by atoms with Crippen LogP contribution in [0.3, 0.4) is 0 Å². The lowest BCUT2D eigenvalue weighted by molar-refractivity contribution is -0.154. The summed E-state index contributed by atoms with van der Waals surface area (Å²) in [6.45, 7) is 0.347. The van der Waals surface area contributed by atoms with E-state index in [9.17, 15) is 9.59 Å². The van der Waals surface area contributed by atoms with Gasteiger partial charge >= 0.3 is 5.97 Å². The molecule has 2 aliphatic rings. The van der Waals surface area contributed by atoms with Crippen LogP contribution in [-0.2, 0) is 14.3 Å². The van der Waals surface area contributed by atoms with Gasteiger partial charge in [-0.15, -0.1) is 0 Å². The largest absolute Gasteiger partial charge is 0.493 e. The average molecular weight is 361 g/mol. The lowest BCUT2D eigenvalue weighted by atomic mass is 10.1. The molecular weight excluding hydrogens is 334 g/mol. The maximum absolute atomic E-state index is 12.5. The third kappa shape index (κ3) is 4.11. The molecule has 1 amide bonds. The fourth-order valence-electron chi connectivity index (χ4n) is 3.73. The Labute approximate surface area is 154 Å². The molecule has 1 aromatic carbocycles. The number of methoxy groups -OCH3 is 2. The summed E-state index contributed by atoms with van der Waals surface area (Å²) in [4.78, 5) is 26.6. The number of carbonyl (C=O) groups excluding carboxylic acids is 2. The molecule has 0 bridgehead atoms. The van der Waals surface area contributed by atoms with Crippen molar-refractivity contribution in [3.8, 4) is 11.5 Å². The second-order valence-corrected chi connectivity index (χ2v) is 7.00. The second-order valence-electron chi connectivity index (χ2n) is 7.00. The van der Waals surface area contributed by atoms with Crippen molar-refractivity contribution in [2.45, 2.75) is 51.0 Å². The summed E-state index contributed by atoms with van der Waals surface area (Å²) in [5, 5.41) is 0. The van der Waals surface area contributed by atoms with Crippen molar-refractivity contribution < 1.29 is 23.8 Å². The highest BCUT2D eigenvalue weighted by Gasteiger charge is 2.37. The first kappa shape index (κ1) is 18.5. The van der Waals surface area contributed by atoms with E-state index >= 15 is 0 Å². The van der Waals surface area contributed by atoms with Crippen molar-refractivity contribution in [1.82, 2.24) is 0 Å². The highest BCUT2D eigenvalue weighted by molar-refractivity contribution is 5.99. The van der Waals surface area contributed by atoms with Gasteiger partial charge in [0.1, 0.15) is 6.10 Å². The Hall–Kier alpha value is -2.24. The van der Waals surface area contributed by atoms with Gasteiger partial charge in [-0.05, 0) is 37.8 Å². The number of rotatable bonds is 5. The molecule has 142 valence electrons.